The van der Waals surface area contributed by atoms with Gasteiger partial charge in [0.05, 0.1) is 24.2 Å². The van der Waals surface area contributed by atoms with Gasteiger partial charge in [0, 0.05) is 41.7 Å². The molecule has 7 heteroatoms. The van der Waals surface area contributed by atoms with Crippen molar-refractivity contribution in [3.8, 4) is 17.6 Å². The van der Waals surface area contributed by atoms with Gasteiger partial charge in [-0.2, -0.15) is 0 Å². The van der Waals surface area contributed by atoms with Gasteiger partial charge in [0.2, 0.25) is 0 Å². The first-order chi connectivity index (χ1) is 16.5. The van der Waals surface area contributed by atoms with Gasteiger partial charge in [0.1, 0.15) is 11.9 Å². The maximum Gasteiger partial charge on any atom is 0.127 e. The van der Waals surface area contributed by atoms with Crippen LogP contribution in [-0.2, 0) is 0 Å². The number of benzene rings is 1. The van der Waals surface area contributed by atoms with Crippen molar-refractivity contribution in [1.29, 1.82) is 0 Å². The highest BCUT2D eigenvalue weighted by Crippen LogP contribution is 2.41. The number of hydrogen-bond acceptors (Lipinski definition) is 5. The minimum atomic E-state index is -1.25. The van der Waals surface area contributed by atoms with Gasteiger partial charge in [-0.05, 0) is 74.5 Å². The largest absolute Gasteiger partial charge is 0.497 e. The van der Waals surface area contributed by atoms with E-state index in [1.165, 1.54) is 6.20 Å². The van der Waals surface area contributed by atoms with Gasteiger partial charge in [0.15, 0.2) is 0 Å². The Morgan fingerprint density at radius 3 is 2.71 bits per heavy atom. The van der Waals surface area contributed by atoms with Gasteiger partial charge < -0.3 is 9.84 Å². The summed E-state index contributed by atoms with van der Waals surface area (Å²) in [6.07, 6.45) is 6.22. The van der Waals surface area contributed by atoms with Gasteiger partial charge in [-0.1, -0.05) is 23.4 Å². The fourth-order valence-electron chi connectivity index (χ4n) is 4.55. The molecule has 0 aliphatic carbocycles. The molecule has 0 amide bonds. The van der Waals surface area contributed by atoms with E-state index in [9.17, 15) is 5.11 Å². The molecule has 34 heavy (non-hydrogen) atoms. The summed E-state index contributed by atoms with van der Waals surface area (Å²) >= 11 is 6.38. The number of alkyl halides is 1. The molecule has 0 bridgehead atoms. The van der Waals surface area contributed by atoms with E-state index in [1.54, 1.807) is 31.6 Å². The summed E-state index contributed by atoms with van der Waals surface area (Å²) in [6.45, 7) is 2.39. The summed E-state index contributed by atoms with van der Waals surface area (Å²) in [4.78, 5) is 10.6. The number of aliphatic hydroxyl groups excluding tert-OH is 1. The highest BCUT2D eigenvalue weighted by Gasteiger charge is 2.35. The summed E-state index contributed by atoms with van der Waals surface area (Å²) in [7, 11) is 1.58. The fourth-order valence-corrected chi connectivity index (χ4v) is 4.82. The molecular weight excluding hydrogens is 453 g/mol. The van der Waals surface area contributed by atoms with Crippen LogP contribution >= 0.6 is 11.6 Å². The lowest BCUT2D eigenvalue weighted by atomic mass is 9.74. The molecule has 0 unspecified atom stereocenters. The smallest absolute Gasteiger partial charge is 0.127 e. The Kier molecular flexibility index (Phi) is 7.99. The van der Waals surface area contributed by atoms with Crippen LogP contribution < -0.4 is 4.74 Å². The summed E-state index contributed by atoms with van der Waals surface area (Å²) in [5.74, 6) is 7.01. The first-order valence-corrected chi connectivity index (χ1v) is 11.9. The van der Waals surface area contributed by atoms with Crippen LogP contribution in [0.15, 0.2) is 48.9 Å². The number of ether oxygens (including phenoxy) is 1. The minimum absolute atomic E-state index is 0.0505. The molecular formula is C27H29ClFN3O2. The lowest BCUT2D eigenvalue weighted by molar-refractivity contribution is 0.0344. The number of methoxy groups -OCH3 is 1. The molecule has 0 saturated carbocycles. The molecule has 5 nitrogen and oxygen atoms in total. The summed E-state index contributed by atoms with van der Waals surface area (Å²) < 4.78 is 20.9. The second kappa shape index (κ2) is 11.1. The quantitative estimate of drug-likeness (QED) is 0.469. The van der Waals surface area contributed by atoms with Crippen molar-refractivity contribution in [1.82, 2.24) is 14.9 Å². The first kappa shape index (κ1) is 24.4. The SMILES string of the molecule is COc1ccc2ncc(Cl)c([C@@H](F)CCC3(CO)CCN(CC#Cc4ccncc4)CC3)c2c1. The van der Waals surface area contributed by atoms with E-state index < -0.39 is 6.17 Å². The number of piperidine rings is 1. The molecule has 178 valence electrons. The van der Waals surface area contributed by atoms with Crippen molar-refractivity contribution in [3.05, 3.63) is 65.1 Å². The molecule has 1 N–H and O–H groups in total. The van der Waals surface area contributed by atoms with E-state index in [1.807, 2.05) is 18.2 Å². The van der Waals surface area contributed by atoms with Crippen molar-refractivity contribution in [2.45, 2.75) is 31.9 Å². The van der Waals surface area contributed by atoms with Gasteiger partial charge in [-0.15, -0.1) is 0 Å². The van der Waals surface area contributed by atoms with E-state index in [-0.39, 0.29) is 12.0 Å². The van der Waals surface area contributed by atoms with Gasteiger partial charge in [0.25, 0.3) is 0 Å². The van der Waals surface area contributed by atoms with Crippen LogP contribution in [0.25, 0.3) is 10.9 Å². The monoisotopic (exact) mass is 481 g/mol. The van der Waals surface area contributed by atoms with E-state index in [0.29, 0.717) is 46.6 Å². The van der Waals surface area contributed by atoms with E-state index in [4.69, 9.17) is 16.3 Å². The van der Waals surface area contributed by atoms with Crippen molar-refractivity contribution < 1.29 is 14.2 Å². The molecule has 4 rings (SSSR count). The summed E-state index contributed by atoms with van der Waals surface area (Å²) in [5.41, 5.74) is 1.79. The van der Waals surface area contributed by atoms with Crippen LogP contribution in [0, 0.1) is 17.3 Å². The number of likely N-dealkylation sites (tertiary alicyclic amines) is 1. The Morgan fingerprint density at radius 2 is 2.00 bits per heavy atom. The van der Waals surface area contributed by atoms with Crippen molar-refractivity contribution in [2.24, 2.45) is 5.41 Å². The Balaban J connectivity index is 1.38. The molecule has 1 saturated heterocycles. The van der Waals surface area contributed by atoms with Crippen molar-refractivity contribution in [3.63, 3.8) is 0 Å². The van der Waals surface area contributed by atoms with Crippen LogP contribution in [0.2, 0.25) is 5.02 Å². The van der Waals surface area contributed by atoms with E-state index >= 15 is 4.39 Å². The van der Waals surface area contributed by atoms with Crippen LogP contribution in [0.5, 0.6) is 5.75 Å². The van der Waals surface area contributed by atoms with Crippen LogP contribution in [0.3, 0.4) is 0 Å². The standard InChI is InChI=1S/C27H29ClFN3O2/c1-34-21-4-5-25-22(17-21)26(23(28)18-31-25)24(29)6-9-27(19-33)10-15-32(16-11-27)14-2-3-20-7-12-30-13-8-20/h4-5,7-8,12-13,17-18,24,33H,6,9-11,14-16,19H2,1H3/t24-/m0/s1. The molecule has 0 radical (unpaired) electrons. The zero-order valence-electron chi connectivity index (χ0n) is 19.3. The molecule has 3 heterocycles. The number of pyridine rings is 2. The number of aliphatic hydroxyl groups is 1. The molecule has 1 atom stereocenters. The predicted octanol–water partition coefficient (Wildman–Crippen LogP) is 5.21. The maximum absolute atomic E-state index is 15.6. The highest BCUT2D eigenvalue weighted by molar-refractivity contribution is 6.32. The third-order valence-electron chi connectivity index (χ3n) is 6.78. The molecule has 2 aromatic heterocycles. The number of rotatable bonds is 7. The second-order valence-electron chi connectivity index (χ2n) is 8.88. The second-order valence-corrected chi connectivity index (χ2v) is 9.29. The summed E-state index contributed by atoms with van der Waals surface area (Å²) in [5, 5.41) is 11.2. The normalized spacial score (nSPS) is 16.6. The lowest BCUT2D eigenvalue weighted by Crippen LogP contribution is -2.42. The van der Waals surface area contributed by atoms with Crippen LogP contribution in [0.1, 0.15) is 43.0 Å². The molecule has 3 aromatic rings. The molecule has 1 aliphatic rings. The zero-order valence-corrected chi connectivity index (χ0v) is 20.1. The third-order valence-corrected chi connectivity index (χ3v) is 7.08. The average molecular weight is 482 g/mol. The molecule has 1 aliphatic heterocycles. The number of nitrogens with zero attached hydrogens (tertiary/aromatic N) is 3. The Labute approximate surface area is 204 Å². The van der Waals surface area contributed by atoms with Gasteiger partial charge in [-0.3, -0.25) is 14.9 Å². The molecule has 0 spiro atoms. The summed E-state index contributed by atoms with van der Waals surface area (Å²) in [6, 6.07) is 9.17. The van der Waals surface area contributed by atoms with Gasteiger partial charge >= 0.3 is 0 Å². The van der Waals surface area contributed by atoms with Crippen LogP contribution in [0.4, 0.5) is 4.39 Å². The molecule has 1 fully saturated rings. The zero-order chi connectivity index (χ0) is 24.0. The Bertz CT molecular complexity index is 1170. The minimum Gasteiger partial charge on any atom is -0.497 e. The maximum atomic E-state index is 15.6. The van der Waals surface area contributed by atoms with Gasteiger partial charge in [-0.25, -0.2) is 4.39 Å². The third kappa shape index (κ3) is 5.67. The number of hydrogen-bond donors (Lipinski definition) is 1. The number of fused-ring (bicyclic) bond motifs is 1. The van der Waals surface area contributed by atoms with E-state index in [2.05, 4.69) is 26.7 Å². The number of halogens is 2. The topological polar surface area (TPSA) is 58.5 Å². The fraction of sp³-hybridized carbons (Fsp3) is 0.407. The Hall–Kier alpha value is -2.72. The van der Waals surface area contributed by atoms with Crippen molar-refractivity contribution in [2.75, 3.05) is 33.4 Å². The van der Waals surface area contributed by atoms with Crippen LogP contribution in [-0.4, -0.2) is 53.3 Å². The van der Waals surface area contributed by atoms with E-state index in [0.717, 1.165) is 31.5 Å². The first-order valence-electron chi connectivity index (χ1n) is 11.5. The lowest BCUT2D eigenvalue weighted by Gasteiger charge is -2.40. The van der Waals surface area contributed by atoms with Crippen molar-refractivity contribution >= 4 is 22.5 Å². The highest BCUT2D eigenvalue weighted by atomic mass is 35.5. The average Bonchev–Trinajstić information content (AvgIpc) is 2.88. The predicted molar refractivity (Wildman–Crippen MR) is 133 cm³/mol. The Morgan fingerprint density at radius 1 is 1.24 bits per heavy atom. The number of aromatic nitrogens is 2. The molecule has 1 aromatic carbocycles.